The molecule has 0 unspecified atom stereocenters. The number of rotatable bonds is 2. The first-order chi connectivity index (χ1) is 7.18. The smallest absolute Gasteiger partial charge is 0.356 e. The van der Waals surface area contributed by atoms with Crippen molar-refractivity contribution in [1.82, 2.24) is 15.0 Å². The fourth-order valence-corrected chi connectivity index (χ4v) is 1.20. The van der Waals surface area contributed by atoms with Crippen LogP contribution >= 0.6 is 0 Å². The number of nitrogens with zero attached hydrogens (tertiary/aromatic N) is 3. The summed E-state index contributed by atoms with van der Waals surface area (Å²) in [4.78, 5) is 10.8. The summed E-state index contributed by atoms with van der Waals surface area (Å²) in [5.74, 6) is -1.08. The van der Waals surface area contributed by atoms with Crippen molar-refractivity contribution in [3.63, 3.8) is 0 Å². The Bertz CT molecular complexity index is 507. The molecule has 0 atom stereocenters. The Hall–Kier alpha value is -2.37. The van der Waals surface area contributed by atoms with E-state index in [1.807, 2.05) is 0 Å². The second-order valence-electron chi connectivity index (χ2n) is 2.86. The topological polar surface area (TPSA) is 88.2 Å². The average molecular weight is 205 g/mol. The predicted molar refractivity (Wildman–Crippen MR) is 50.0 cm³/mol. The van der Waals surface area contributed by atoms with Crippen LogP contribution in [0.3, 0.4) is 0 Å². The molecule has 1 aromatic carbocycles. The zero-order chi connectivity index (χ0) is 10.8. The van der Waals surface area contributed by atoms with E-state index in [-0.39, 0.29) is 11.4 Å². The highest BCUT2D eigenvalue weighted by molar-refractivity contribution is 5.85. The summed E-state index contributed by atoms with van der Waals surface area (Å²) < 4.78 is 1.14. The minimum absolute atomic E-state index is 0.0411. The Balaban J connectivity index is 2.54. The zero-order valence-corrected chi connectivity index (χ0v) is 7.53. The van der Waals surface area contributed by atoms with E-state index < -0.39 is 5.97 Å². The van der Waals surface area contributed by atoms with E-state index in [1.165, 1.54) is 12.1 Å². The summed E-state index contributed by atoms with van der Waals surface area (Å²) in [7, 11) is 0. The molecule has 0 aliphatic rings. The first kappa shape index (κ1) is 9.20. The van der Waals surface area contributed by atoms with Gasteiger partial charge in [-0.05, 0) is 12.1 Å². The van der Waals surface area contributed by atoms with Crippen LogP contribution in [0.1, 0.15) is 10.5 Å². The van der Waals surface area contributed by atoms with Crippen molar-refractivity contribution >= 4 is 5.97 Å². The molecule has 0 fully saturated rings. The molecule has 0 spiro atoms. The number of hydrogen-bond donors (Lipinski definition) is 2. The molecular formula is C9H7N3O3. The maximum absolute atomic E-state index is 10.8. The Morgan fingerprint density at radius 2 is 2.20 bits per heavy atom. The quantitative estimate of drug-likeness (QED) is 0.752. The third kappa shape index (κ3) is 1.64. The van der Waals surface area contributed by atoms with Gasteiger partial charge in [0.1, 0.15) is 5.75 Å². The molecule has 0 aliphatic heterocycles. The van der Waals surface area contributed by atoms with Crippen LogP contribution in [-0.2, 0) is 0 Å². The predicted octanol–water partition coefficient (Wildman–Crippen LogP) is 0.671. The van der Waals surface area contributed by atoms with Gasteiger partial charge in [-0.1, -0.05) is 11.3 Å². The second-order valence-corrected chi connectivity index (χ2v) is 2.86. The highest BCUT2D eigenvalue weighted by atomic mass is 16.4. The molecule has 1 aromatic heterocycles. The number of carboxylic acids is 1. The Labute approximate surface area is 84.4 Å². The van der Waals surface area contributed by atoms with Crippen LogP contribution in [0.25, 0.3) is 5.69 Å². The molecule has 15 heavy (non-hydrogen) atoms. The minimum Gasteiger partial charge on any atom is -0.508 e. The Kier molecular flexibility index (Phi) is 2.09. The SMILES string of the molecule is O=C(O)c1cnnn1-c1cccc(O)c1. The van der Waals surface area contributed by atoms with Gasteiger partial charge >= 0.3 is 5.97 Å². The van der Waals surface area contributed by atoms with Gasteiger partial charge in [0.05, 0.1) is 11.9 Å². The zero-order valence-electron chi connectivity index (χ0n) is 7.53. The summed E-state index contributed by atoms with van der Waals surface area (Å²) in [5.41, 5.74) is 0.394. The van der Waals surface area contributed by atoms with E-state index in [1.54, 1.807) is 12.1 Å². The highest BCUT2D eigenvalue weighted by Gasteiger charge is 2.12. The van der Waals surface area contributed by atoms with Crippen LogP contribution in [0.4, 0.5) is 0 Å². The lowest BCUT2D eigenvalue weighted by Gasteiger charge is -2.02. The summed E-state index contributed by atoms with van der Waals surface area (Å²) in [5, 5.41) is 25.2. The number of benzene rings is 1. The van der Waals surface area contributed by atoms with E-state index >= 15 is 0 Å². The van der Waals surface area contributed by atoms with Crippen molar-refractivity contribution in [2.45, 2.75) is 0 Å². The molecule has 76 valence electrons. The molecule has 0 saturated carbocycles. The number of carboxylic acid groups (broad SMARTS) is 1. The Morgan fingerprint density at radius 1 is 1.40 bits per heavy atom. The van der Waals surface area contributed by atoms with E-state index in [9.17, 15) is 9.90 Å². The monoisotopic (exact) mass is 205 g/mol. The van der Waals surface area contributed by atoms with Crippen molar-refractivity contribution in [2.75, 3.05) is 0 Å². The van der Waals surface area contributed by atoms with Crippen molar-refractivity contribution in [1.29, 1.82) is 0 Å². The van der Waals surface area contributed by atoms with E-state index in [0.29, 0.717) is 5.69 Å². The van der Waals surface area contributed by atoms with E-state index in [0.717, 1.165) is 10.9 Å². The molecule has 0 bridgehead atoms. The van der Waals surface area contributed by atoms with Crippen LogP contribution in [-0.4, -0.2) is 31.2 Å². The van der Waals surface area contributed by atoms with Crippen LogP contribution in [0.2, 0.25) is 0 Å². The number of phenolic OH excluding ortho intramolecular Hbond substituents is 1. The number of aromatic nitrogens is 3. The van der Waals surface area contributed by atoms with Gasteiger partial charge in [0.15, 0.2) is 5.69 Å². The van der Waals surface area contributed by atoms with Gasteiger partial charge in [-0.15, -0.1) is 5.10 Å². The summed E-state index contributed by atoms with van der Waals surface area (Å²) >= 11 is 0. The lowest BCUT2D eigenvalue weighted by atomic mass is 10.3. The normalized spacial score (nSPS) is 10.1. The molecule has 6 heteroatoms. The van der Waals surface area contributed by atoms with Crippen molar-refractivity contribution in [3.05, 3.63) is 36.2 Å². The standard InChI is InChI=1S/C9H7N3O3/c13-7-3-1-2-6(4-7)12-8(9(14)15)5-10-11-12/h1-5,13H,(H,14,15). The molecule has 0 aliphatic carbocycles. The van der Waals surface area contributed by atoms with E-state index in [4.69, 9.17) is 5.11 Å². The fourth-order valence-electron chi connectivity index (χ4n) is 1.20. The van der Waals surface area contributed by atoms with Gasteiger partial charge < -0.3 is 10.2 Å². The maximum Gasteiger partial charge on any atom is 0.356 e. The van der Waals surface area contributed by atoms with Crippen LogP contribution in [0, 0.1) is 0 Å². The lowest BCUT2D eigenvalue weighted by molar-refractivity contribution is 0.0687. The molecular weight excluding hydrogens is 198 g/mol. The van der Waals surface area contributed by atoms with Gasteiger partial charge in [-0.2, -0.15) is 0 Å². The number of aromatic hydroxyl groups is 1. The first-order valence-electron chi connectivity index (χ1n) is 4.12. The van der Waals surface area contributed by atoms with E-state index in [2.05, 4.69) is 10.3 Å². The van der Waals surface area contributed by atoms with Crippen LogP contribution in [0.5, 0.6) is 5.75 Å². The minimum atomic E-state index is -1.12. The summed E-state index contributed by atoms with van der Waals surface area (Å²) in [6.45, 7) is 0. The van der Waals surface area contributed by atoms with Crippen molar-refractivity contribution in [2.24, 2.45) is 0 Å². The van der Waals surface area contributed by atoms with Crippen LogP contribution < -0.4 is 0 Å². The maximum atomic E-state index is 10.8. The number of carbonyl (C=O) groups is 1. The summed E-state index contributed by atoms with van der Waals surface area (Å²) in [6.07, 6.45) is 1.15. The van der Waals surface area contributed by atoms with Gasteiger partial charge in [-0.3, -0.25) is 0 Å². The highest BCUT2D eigenvalue weighted by Crippen LogP contribution is 2.15. The van der Waals surface area contributed by atoms with Gasteiger partial charge in [-0.25, -0.2) is 9.48 Å². The third-order valence-electron chi connectivity index (χ3n) is 1.84. The van der Waals surface area contributed by atoms with Gasteiger partial charge in [0.2, 0.25) is 0 Å². The molecule has 0 amide bonds. The van der Waals surface area contributed by atoms with Crippen LogP contribution in [0.15, 0.2) is 30.5 Å². The molecule has 2 aromatic rings. The van der Waals surface area contributed by atoms with Gasteiger partial charge in [0.25, 0.3) is 0 Å². The second kappa shape index (κ2) is 3.41. The number of aromatic carboxylic acids is 1. The largest absolute Gasteiger partial charge is 0.508 e. The molecule has 2 N–H and O–H groups in total. The third-order valence-corrected chi connectivity index (χ3v) is 1.84. The molecule has 0 radical (unpaired) electrons. The number of hydrogen-bond acceptors (Lipinski definition) is 4. The summed E-state index contributed by atoms with van der Waals surface area (Å²) in [6, 6.07) is 6.11. The average Bonchev–Trinajstić information content (AvgIpc) is 2.65. The molecule has 6 nitrogen and oxygen atoms in total. The molecule has 0 saturated heterocycles. The number of phenols is 1. The molecule has 1 heterocycles. The first-order valence-corrected chi connectivity index (χ1v) is 4.12. The van der Waals surface area contributed by atoms with Crippen molar-refractivity contribution in [3.8, 4) is 11.4 Å². The van der Waals surface area contributed by atoms with Gasteiger partial charge in [0, 0.05) is 6.07 Å². The Morgan fingerprint density at radius 3 is 2.87 bits per heavy atom. The lowest BCUT2D eigenvalue weighted by Crippen LogP contribution is -2.07. The van der Waals surface area contributed by atoms with Crippen molar-refractivity contribution < 1.29 is 15.0 Å². The fraction of sp³-hybridized carbons (Fsp3) is 0. The molecule has 2 rings (SSSR count).